The molecule has 0 amide bonds. The maximum Gasteiger partial charge on any atom is 0.126 e. The van der Waals surface area contributed by atoms with Crippen molar-refractivity contribution in [2.24, 2.45) is 0 Å². The highest BCUT2D eigenvalue weighted by atomic mass is 16.5. The fourth-order valence-corrected chi connectivity index (χ4v) is 1.36. The number of pyridine rings is 1. The van der Waals surface area contributed by atoms with Gasteiger partial charge >= 0.3 is 0 Å². The molecule has 2 nitrogen and oxygen atoms in total. The molecule has 0 aliphatic heterocycles. The van der Waals surface area contributed by atoms with Crippen LogP contribution in [-0.4, -0.2) is 12.1 Å². The molecular weight excluding hydrogens is 174 g/mol. The van der Waals surface area contributed by atoms with Gasteiger partial charge in [0.1, 0.15) is 5.75 Å². The third-order valence-corrected chi connectivity index (χ3v) is 2.03. The lowest BCUT2D eigenvalue weighted by Gasteiger charge is -2.06. The van der Waals surface area contributed by atoms with Gasteiger partial charge in [-0.25, -0.2) is 0 Å². The van der Waals surface area contributed by atoms with Crippen LogP contribution in [0.15, 0.2) is 48.8 Å². The average Bonchev–Trinajstić information content (AvgIpc) is 2.30. The minimum atomic E-state index is 0.272. The zero-order valence-electron chi connectivity index (χ0n) is 8.90. The Hall–Kier alpha value is -1.83. The van der Waals surface area contributed by atoms with E-state index in [1.165, 1.54) is 0 Å². The van der Waals surface area contributed by atoms with E-state index < -0.39 is 0 Å². The summed E-state index contributed by atoms with van der Waals surface area (Å²) in [4.78, 5) is 3.94. The molecule has 0 atom stereocenters. The van der Waals surface area contributed by atoms with E-state index in [0.29, 0.717) is 0 Å². The quantitative estimate of drug-likeness (QED) is 0.719. The van der Waals surface area contributed by atoms with E-state index in [4.69, 9.17) is 6.11 Å². The van der Waals surface area contributed by atoms with Crippen LogP contribution in [0.5, 0.6) is 5.75 Å². The van der Waals surface area contributed by atoms with Crippen molar-refractivity contribution >= 4 is 0 Å². The molecule has 0 bridgehead atoms. The van der Waals surface area contributed by atoms with Gasteiger partial charge in [0.15, 0.2) is 0 Å². The van der Waals surface area contributed by atoms with Gasteiger partial charge in [-0.15, -0.1) is 0 Å². The number of nitrogens with zero attached hydrogens (tertiary/aromatic N) is 1. The highest BCUT2D eigenvalue weighted by Crippen LogP contribution is 2.28. The smallest absolute Gasteiger partial charge is 0.126 e. The molecule has 0 fully saturated rings. The number of rotatable bonds is 2. The number of hydrogen-bond donors (Lipinski definition) is 0. The SMILES string of the molecule is [2H]c1ccc(-c2ccccc2OC)cn1. The fourth-order valence-electron chi connectivity index (χ4n) is 1.36. The first-order chi connectivity index (χ1) is 7.31. The average molecular weight is 186 g/mol. The minimum Gasteiger partial charge on any atom is -0.496 e. The zero-order chi connectivity index (χ0) is 10.7. The van der Waals surface area contributed by atoms with Gasteiger partial charge in [0.25, 0.3) is 0 Å². The Morgan fingerprint density at radius 1 is 1.21 bits per heavy atom. The maximum absolute atomic E-state index is 7.31. The van der Waals surface area contributed by atoms with Crippen LogP contribution in [0.2, 0.25) is 0 Å². The number of benzene rings is 1. The van der Waals surface area contributed by atoms with Crippen LogP contribution in [-0.2, 0) is 0 Å². The molecule has 14 heavy (non-hydrogen) atoms. The van der Waals surface area contributed by atoms with Gasteiger partial charge in [-0.05, 0) is 12.1 Å². The highest BCUT2D eigenvalue weighted by molar-refractivity contribution is 5.69. The van der Waals surface area contributed by atoms with Gasteiger partial charge in [-0.2, -0.15) is 0 Å². The van der Waals surface area contributed by atoms with Crippen molar-refractivity contribution in [3.63, 3.8) is 0 Å². The largest absolute Gasteiger partial charge is 0.496 e. The van der Waals surface area contributed by atoms with Gasteiger partial charge in [0, 0.05) is 23.5 Å². The standard InChI is InChI=1S/C12H11NO/c1-14-12-7-3-2-6-11(12)10-5-4-8-13-9-10/h2-9H,1H3/i8D. The molecule has 0 aliphatic rings. The first-order valence-electron chi connectivity index (χ1n) is 4.87. The van der Waals surface area contributed by atoms with Crippen LogP contribution in [0.25, 0.3) is 11.1 Å². The molecule has 1 aromatic carbocycles. The van der Waals surface area contributed by atoms with E-state index in [1.54, 1.807) is 19.4 Å². The summed E-state index contributed by atoms with van der Waals surface area (Å²) in [5.74, 6) is 0.817. The zero-order valence-corrected chi connectivity index (χ0v) is 7.90. The van der Waals surface area contributed by atoms with Gasteiger partial charge in [0.05, 0.1) is 8.48 Å². The van der Waals surface area contributed by atoms with Crippen molar-refractivity contribution in [1.29, 1.82) is 0 Å². The first kappa shape index (κ1) is 7.56. The third kappa shape index (κ3) is 1.59. The number of methoxy groups -OCH3 is 1. The lowest BCUT2D eigenvalue weighted by molar-refractivity contribution is 0.416. The van der Waals surface area contributed by atoms with Crippen LogP contribution in [0.4, 0.5) is 0 Å². The summed E-state index contributed by atoms with van der Waals surface area (Å²) in [6.07, 6.45) is 1.95. The normalized spacial score (nSPS) is 10.8. The minimum absolute atomic E-state index is 0.272. The summed E-state index contributed by atoms with van der Waals surface area (Å²) in [6, 6.07) is 11.3. The lowest BCUT2D eigenvalue weighted by Crippen LogP contribution is -1.87. The molecule has 1 heterocycles. The summed E-state index contributed by atoms with van der Waals surface area (Å²) in [5, 5.41) is 0. The summed E-state index contributed by atoms with van der Waals surface area (Å²) < 4.78 is 12.6. The van der Waals surface area contributed by atoms with Gasteiger partial charge < -0.3 is 4.74 Å². The van der Waals surface area contributed by atoms with E-state index in [-0.39, 0.29) is 6.17 Å². The topological polar surface area (TPSA) is 22.1 Å². The van der Waals surface area contributed by atoms with Crippen LogP contribution < -0.4 is 4.74 Å². The number of aromatic nitrogens is 1. The van der Waals surface area contributed by atoms with E-state index >= 15 is 0 Å². The maximum atomic E-state index is 7.31. The summed E-state index contributed by atoms with van der Waals surface area (Å²) in [6.45, 7) is 0. The molecule has 0 spiro atoms. The molecule has 0 aliphatic carbocycles. The first-order valence-corrected chi connectivity index (χ1v) is 4.37. The van der Waals surface area contributed by atoms with E-state index in [2.05, 4.69) is 4.98 Å². The second-order valence-corrected chi connectivity index (χ2v) is 2.88. The van der Waals surface area contributed by atoms with Crippen LogP contribution in [0, 0.1) is 0 Å². The Bertz CT molecular complexity index is 453. The predicted octanol–water partition coefficient (Wildman–Crippen LogP) is 2.76. The Balaban J connectivity index is 2.49. The second-order valence-electron chi connectivity index (χ2n) is 2.88. The molecule has 70 valence electrons. The molecule has 0 N–H and O–H groups in total. The van der Waals surface area contributed by atoms with Crippen molar-refractivity contribution in [3.05, 3.63) is 48.8 Å². The fraction of sp³-hybridized carbons (Fsp3) is 0.0833. The molecule has 0 saturated carbocycles. The molecule has 0 unspecified atom stereocenters. The molecule has 2 aromatic rings. The predicted molar refractivity (Wildman–Crippen MR) is 56.2 cm³/mol. The van der Waals surface area contributed by atoms with Crippen LogP contribution in [0.3, 0.4) is 0 Å². The van der Waals surface area contributed by atoms with E-state index in [0.717, 1.165) is 16.9 Å². The second kappa shape index (κ2) is 3.92. The third-order valence-electron chi connectivity index (χ3n) is 2.03. The van der Waals surface area contributed by atoms with Crippen molar-refractivity contribution < 1.29 is 6.11 Å². The van der Waals surface area contributed by atoms with Crippen LogP contribution in [0.1, 0.15) is 1.37 Å². The van der Waals surface area contributed by atoms with E-state index in [1.807, 2.05) is 30.3 Å². The molecule has 2 heteroatoms. The van der Waals surface area contributed by atoms with Crippen LogP contribution >= 0.6 is 0 Å². The Kier molecular flexibility index (Phi) is 2.12. The van der Waals surface area contributed by atoms with Gasteiger partial charge in [0.2, 0.25) is 0 Å². The van der Waals surface area contributed by atoms with Crippen molar-refractivity contribution in [1.82, 2.24) is 4.98 Å². The van der Waals surface area contributed by atoms with Crippen molar-refractivity contribution in [2.45, 2.75) is 0 Å². The number of ether oxygens (including phenoxy) is 1. The lowest BCUT2D eigenvalue weighted by atomic mass is 10.1. The Morgan fingerprint density at radius 2 is 2.07 bits per heavy atom. The van der Waals surface area contributed by atoms with Crippen molar-refractivity contribution in [3.8, 4) is 16.9 Å². The molecular formula is C12H11NO. The number of para-hydroxylation sites is 1. The van der Waals surface area contributed by atoms with E-state index in [9.17, 15) is 0 Å². The summed E-state index contributed by atoms with van der Waals surface area (Å²) in [7, 11) is 1.64. The monoisotopic (exact) mass is 186 g/mol. The van der Waals surface area contributed by atoms with Crippen molar-refractivity contribution in [2.75, 3.05) is 7.11 Å². The Morgan fingerprint density at radius 3 is 2.79 bits per heavy atom. The highest BCUT2D eigenvalue weighted by Gasteiger charge is 2.02. The molecule has 2 rings (SSSR count). The summed E-state index contributed by atoms with van der Waals surface area (Å²) in [5.41, 5.74) is 1.95. The molecule has 0 saturated heterocycles. The number of hydrogen-bond acceptors (Lipinski definition) is 2. The Labute approximate surface area is 84.6 Å². The molecule has 1 aromatic heterocycles. The molecule has 0 radical (unpaired) electrons. The summed E-state index contributed by atoms with van der Waals surface area (Å²) >= 11 is 0. The van der Waals surface area contributed by atoms with Gasteiger partial charge in [-0.1, -0.05) is 24.3 Å². The van der Waals surface area contributed by atoms with Gasteiger partial charge in [-0.3, -0.25) is 4.98 Å².